The number of alkyl halides is 3. The van der Waals surface area contributed by atoms with E-state index in [1.54, 1.807) is 30.3 Å². The SMILES string of the molecule is Cc1cccc(-c2ccc3c(c2)c2cc(-c4cccc(C)c4)ccc2n3-c2cc(-c3cccc(C#N)c3)c(C(F)(F)F)cc2-n2c3ccc(-c4cccc(C)c4)cc3c3cc(-c4cccc(C)c4)ccc32)c1. The molecule has 2 heterocycles. The van der Waals surface area contributed by atoms with Crippen molar-refractivity contribution in [3.05, 3.63) is 240 Å². The van der Waals surface area contributed by atoms with E-state index < -0.39 is 11.7 Å². The predicted octanol–water partition coefficient (Wildman–Crippen LogP) is 18.3. The number of nitriles is 1. The maximum Gasteiger partial charge on any atom is 0.417 e. The van der Waals surface area contributed by atoms with Gasteiger partial charge in [0.2, 0.25) is 0 Å². The van der Waals surface area contributed by atoms with Crippen molar-refractivity contribution in [2.45, 2.75) is 33.9 Å². The van der Waals surface area contributed by atoms with Crippen LogP contribution in [0.2, 0.25) is 0 Å². The lowest BCUT2D eigenvalue weighted by atomic mass is 9.95. The zero-order valence-electron chi connectivity index (χ0n) is 40.1. The van der Waals surface area contributed by atoms with Crippen LogP contribution in [-0.2, 0) is 6.18 Å². The standard InChI is InChI=1S/C66H46F3N3/c1-40-10-5-15-45(28-40)49-20-24-60-55(33-49)56-34-50(46-16-6-11-41(2)29-46)21-25-61(56)71(60)64-37-54(53-19-9-14-44(32-53)39-70)59(66(67,68)69)38-65(64)72-62-26-22-51(47-17-7-12-42(3)30-47)35-57(62)58-36-52(23-27-63(58)72)48-18-8-13-43(4)31-48/h5-38H,1-4H3. The topological polar surface area (TPSA) is 33.6 Å². The fraction of sp³-hybridized carbons (Fsp3) is 0.0758. The summed E-state index contributed by atoms with van der Waals surface area (Å²) >= 11 is 0. The molecule has 0 atom stereocenters. The number of fused-ring (bicyclic) bond motifs is 6. The largest absolute Gasteiger partial charge is 0.417 e. The van der Waals surface area contributed by atoms with Crippen LogP contribution in [0.4, 0.5) is 13.2 Å². The van der Waals surface area contributed by atoms with E-state index in [1.807, 2.05) is 16.7 Å². The molecular formula is C66H46F3N3. The van der Waals surface area contributed by atoms with E-state index in [-0.39, 0.29) is 11.1 Å². The molecule has 12 aromatic rings. The first-order valence-electron chi connectivity index (χ1n) is 24.1. The summed E-state index contributed by atoms with van der Waals surface area (Å²) in [6.45, 7) is 8.31. The third-order valence-corrected chi connectivity index (χ3v) is 14.1. The van der Waals surface area contributed by atoms with E-state index >= 15 is 13.2 Å². The normalized spacial score (nSPS) is 11.8. The number of aryl methyl sites for hydroxylation is 4. The van der Waals surface area contributed by atoms with Crippen LogP contribution in [0.1, 0.15) is 33.4 Å². The Hall–Kier alpha value is -8.92. The lowest BCUT2D eigenvalue weighted by Crippen LogP contribution is -2.12. The molecule has 12 rings (SSSR count). The van der Waals surface area contributed by atoms with Crippen LogP contribution in [0.3, 0.4) is 0 Å². The summed E-state index contributed by atoms with van der Waals surface area (Å²) in [5.41, 5.74) is 16.7. The highest BCUT2D eigenvalue weighted by atomic mass is 19.4. The molecule has 0 bridgehead atoms. The fourth-order valence-electron chi connectivity index (χ4n) is 10.7. The molecule has 0 radical (unpaired) electrons. The van der Waals surface area contributed by atoms with E-state index in [2.05, 4.69) is 196 Å². The summed E-state index contributed by atoms with van der Waals surface area (Å²) in [7, 11) is 0. The molecule has 346 valence electrons. The Bertz CT molecular complexity index is 4010. The van der Waals surface area contributed by atoms with Crippen molar-refractivity contribution in [2.75, 3.05) is 0 Å². The van der Waals surface area contributed by atoms with Crippen molar-refractivity contribution in [3.8, 4) is 73.1 Å². The fourth-order valence-corrected chi connectivity index (χ4v) is 10.7. The highest BCUT2D eigenvalue weighted by Crippen LogP contribution is 2.47. The van der Waals surface area contributed by atoms with Crippen LogP contribution in [0.25, 0.3) is 111 Å². The first kappa shape index (κ1) is 44.3. The summed E-state index contributed by atoms with van der Waals surface area (Å²) in [5, 5.41) is 13.8. The third-order valence-electron chi connectivity index (χ3n) is 14.1. The van der Waals surface area contributed by atoms with E-state index in [1.165, 1.54) is 6.07 Å². The molecule has 6 heteroatoms. The zero-order valence-corrected chi connectivity index (χ0v) is 40.1. The van der Waals surface area contributed by atoms with Gasteiger partial charge in [0.05, 0.1) is 50.6 Å². The van der Waals surface area contributed by atoms with Crippen LogP contribution in [0, 0.1) is 39.0 Å². The van der Waals surface area contributed by atoms with Gasteiger partial charge in [0.15, 0.2) is 0 Å². The van der Waals surface area contributed by atoms with Crippen molar-refractivity contribution < 1.29 is 13.2 Å². The second-order valence-corrected chi connectivity index (χ2v) is 19.2. The van der Waals surface area contributed by atoms with Gasteiger partial charge in [-0.05, 0) is 156 Å². The van der Waals surface area contributed by atoms with Crippen LogP contribution >= 0.6 is 0 Å². The maximum atomic E-state index is 16.1. The molecule has 0 aliphatic rings. The molecule has 0 aliphatic heterocycles. The van der Waals surface area contributed by atoms with Crippen LogP contribution in [0.5, 0.6) is 0 Å². The minimum atomic E-state index is -4.77. The van der Waals surface area contributed by atoms with Crippen molar-refractivity contribution in [1.29, 1.82) is 5.26 Å². The number of rotatable bonds is 7. The molecule has 2 aromatic heterocycles. The first-order valence-corrected chi connectivity index (χ1v) is 24.1. The van der Waals surface area contributed by atoms with Crippen LogP contribution in [-0.4, -0.2) is 9.13 Å². The van der Waals surface area contributed by atoms with E-state index in [4.69, 9.17) is 0 Å². The molecule has 0 saturated heterocycles. The second-order valence-electron chi connectivity index (χ2n) is 19.2. The van der Waals surface area contributed by atoms with E-state index in [9.17, 15) is 5.26 Å². The summed E-state index contributed by atoms with van der Waals surface area (Å²) in [5.74, 6) is 0. The monoisotopic (exact) mass is 937 g/mol. The first-order chi connectivity index (χ1) is 34.9. The smallest absolute Gasteiger partial charge is 0.307 e. The van der Waals surface area contributed by atoms with Crippen molar-refractivity contribution in [2.24, 2.45) is 0 Å². The molecule has 0 N–H and O–H groups in total. The molecule has 0 aliphatic carbocycles. The van der Waals surface area contributed by atoms with Gasteiger partial charge in [-0.2, -0.15) is 18.4 Å². The van der Waals surface area contributed by atoms with Gasteiger partial charge >= 0.3 is 6.18 Å². The van der Waals surface area contributed by atoms with Gasteiger partial charge in [-0.25, -0.2) is 0 Å². The van der Waals surface area contributed by atoms with Gasteiger partial charge in [0.25, 0.3) is 0 Å². The molecule has 72 heavy (non-hydrogen) atoms. The van der Waals surface area contributed by atoms with Crippen molar-refractivity contribution >= 4 is 43.6 Å². The predicted molar refractivity (Wildman–Crippen MR) is 291 cm³/mol. The number of halogens is 3. The molecule has 0 fully saturated rings. The molecular weight excluding hydrogens is 892 g/mol. The summed E-state index contributed by atoms with van der Waals surface area (Å²) in [4.78, 5) is 0. The number of hydrogen-bond donors (Lipinski definition) is 0. The van der Waals surface area contributed by atoms with E-state index in [0.29, 0.717) is 16.9 Å². The Balaban J connectivity index is 1.23. The molecule has 0 unspecified atom stereocenters. The van der Waals surface area contributed by atoms with Crippen molar-refractivity contribution in [3.63, 3.8) is 0 Å². The lowest BCUT2D eigenvalue weighted by molar-refractivity contribution is -0.137. The number of benzene rings is 10. The van der Waals surface area contributed by atoms with E-state index in [0.717, 1.165) is 110 Å². The van der Waals surface area contributed by atoms with Gasteiger partial charge in [0.1, 0.15) is 0 Å². The highest BCUT2D eigenvalue weighted by Gasteiger charge is 2.36. The molecule has 0 amide bonds. The second kappa shape index (κ2) is 17.2. The molecule has 0 saturated carbocycles. The quantitative estimate of drug-likeness (QED) is 0.157. The Labute approximate surface area is 415 Å². The Morgan fingerprint density at radius 2 is 0.667 bits per heavy atom. The van der Waals surface area contributed by atoms with Gasteiger partial charge in [-0.3, -0.25) is 0 Å². The van der Waals surface area contributed by atoms with Gasteiger partial charge in [-0.1, -0.05) is 156 Å². The van der Waals surface area contributed by atoms with Gasteiger partial charge in [-0.15, -0.1) is 0 Å². The lowest BCUT2D eigenvalue weighted by Gasteiger charge is -2.22. The van der Waals surface area contributed by atoms with Crippen LogP contribution in [0.15, 0.2) is 206 Å². The average Bonchev–Trinajstić information content (AvgIpc) is 3.89. The average molecular weight is 938 g/mol. The van der Waals surface area contributed by atoms with Gasteiger partial charge in [0, 0.05) is 21.5 Å². The van der Waals surface area contributed by atoms with Gasteiger partial charge < -0.3 is 9.13 Å². The molecule has 3 nitrogen and oxygen atoms in total. The minimum absolute atomic E-state index is 0.0228. The number of nitrogens with zero attached hydrogens (tertiary/aromatic N) is 3. The minimum Gasteiger partial charge on any atom is -0.307 e. The highest BCUT2D eigenvalue weighted by molar-refractivity contribution is 6.14. The molecule has 10 aromatic carbocycles. The third kappa shape index (κ3) is 7.71. The Kier molecular flexibility index (Phi) is 10.6. The summed E-state index contributed by atoms with van der Waals surface area (Å²) < 4.78 is 52.4. The number of aromatic nitrogens is 2. The van der Waals surface area contributed by atoms with Crippen LogP contribution < -0.4 is 0 Å². The molecule has 0 spiro atoms. The maximum absolute atomic E-state index is 16.1. The van der Waals surface area contributed by atoms with Crippen molar-refractivity contribution in [1.82, 2.24) is 9.13 Å². The summed E-state index contributed by atoms with van der Waals surface area (Å²) in [6, 6.07) is 70.7. The Morgan fingerprint density at radius 1 is 0.347 bits per heavy atom. The number of hydrogen-bond acceptors (Lipinski definition) is 1. The summed E-state index contributed by atoms with van der Waals surface area (Å²) in [6.07, 6.45) is -4.77. The Morgan fingerprint density at radius 3 is 1.00 bits per heavy atom. The zero-order chi connectivity index (χ0) is 49.4.